The lowest BCUT2D eigenvalue weighted by Gasteiger charge is -2.32. The molecule has 0 spiro atoms. The van der Waals surface area contributed by atoms with Crippen LogP contribution in [0, 0.1) is 5.92 Å². The second-order valence-electron chi connectivity index (χ2n) is 6.36. The number of benzene rings is 1. The first-order chi connectivity index (χ1) is 11.5. The fourth-order valence-corrected chi connectivity index (χ4v) is 3.08. The van der Waals surface area contributed by atoms with E-state index in [9.17, 15) is 9.59 Å². The zero-order valence-electron chi connectivity index (χ0n) is 14.5. The summed E-state index contributed by atoms with van der Waals surface area (Å²) >= 11 is 0. The maximum atomic E-state index is 12.5. The van der Waals surface area contributed by atoms with Crippen molar-refractivity contribution in [1.82, 2.24) is 4.90 Å². The molecule has 1 unspecified atom stereocenters. The van der Waals surface area contributed by atoms with Crippen LogP contribution in [0.4, 0.5) is 0 Å². The van der Waals surface area contributed by atoms with Crippen molar-refractivity contribution >= 4 is 17.4 Å². The molecule has 0 bridgehead atoms. The minimum atomic E-state index is -0.271. The number of hydrogen-bond acceptors (Lipinski definition) is 3. The molecule has 1 atom stereocenters. The van der Waals surface area contributed by atoms with Gasteiger partial charge in [0.25, 0.3) is 0 Å². The number of carbonyl (C=O) groups excluding carboxylic acids is 2. The highest BCUT2D eigenvalue weighted by molar-refractivity contribution is 5.95. The summed E-state index contributed by atoms with van der Waals surface area (Å²) < 4.78 is 5.23. The largest absolute Gasteiger partial charge is 0.497 e. The second kappa shape index (κ2) is 8.52. The van der Waals surface area contributed by atoms with Crippen molar-refractivity contribution in [3.05, 3.63) is 35.9 Å². The maximum Gasteiger partial charge on any atom is 0.246 e. The van der Waals surface area contributed by atoms with Gasteiger partial charge in [0.15, 0.2) is 0 Å². The number of rotatable bonds is 6. The van der Waals surface area contributed by atoms with Gasteiger partial charge in [0, 0.05) is 25.6 Å². The van der Waals surface area contributed by atoms with E-state index in [0.29, 0.717) is 18.9 Å². The molecule has 0 radical (unpaired) electrons. The number of nitrogens with two attached hydrogens (primary N) is 1. The predicted octanol–water partition coefficient (Wildman–Crippen LogP) is 2.60. The van der Waals surface area contributed by atoms with Crippen LogP contribution < -0.4 is 10.5 Å². The Morgan fingerprint density at radius 3 is 2.92 bits per heavy atom. The number of amides is 2. The van der Waals surface area contributed by atoms with Crippen LogP contribution in [0.3, 0.4) is 0 Å². The fourth-order valence-electron chi connectivity index (χ4n) is 3.08. The van der Waals surface area contributed by atoms with Crippen molar-refractivity contribution in [1.29, 1.82) is 0 Å². The average molecular weight is 330 g/mol. The molecule has 1 fully saturated rings. The lowest BCUT2D eigenvalue weighted by atomic mass is 9.93. The number of ether oxygens (including phenoxy) is 1. The Labute approximate surface area is 143 Å². The number of allylic oxidation sites excluding steroid dienone is 1. The van der Waals surface area contributed by atoms with Gasteiger partial charge in [-0.2, -0.15) is 0 Å². The molecule has 1 heterocycles. The van der Waals surface area contributed by atoms with E-state index in [4.69, 9.17) is 10.5 Å². The van der Waals surface area contributed by atoms with Crippen molar-refractivity contribution in [3.63, 3.8) is 0 Å². The summed E-state index contributed by atoms with van der Waals surface area (Å²) in [6.07, 6.45) is 4.87. The van der Waals surface area contributed by atoms with E-state index >= 15 is 0 Å². The maximum absolute atomic E-state index is 12.5. The third kappa shape index (κ3) is 5.11. The van der Waals surface area contributed by atoms with E-state index in [2.05, 4.69) is 0 Å². The molecule has 1 aromatic carbocycles. The molecule has 2 N–H and O–H groups in total. The molecule has 0 saturated carbocycles. The molecule has 2 rings (SSSR count). The summed E-state index contributed by atoms with van der Waals surface area (Å²) in [5.41, 5.74) is 7.11. The number of primary amides is 1. The van der Waals surface area contributed by atoms with Gasteiger partial charge in [-0.25, -0.2) is 0 Å². The Hall–Kier alpha value is -2.30. The van der Waals surface area contributed by atoms with Crippen LogP contribution in [0.1, 0.15) is 38.2 Å². The minimum Gasteiger partial charge on any atom is -0.497 e. The van der Waals surface area contributed by atoms with Crippen molar-refractivity contribution in [2.24, 2.45) is 11.7 Å². The lowest BCUT2D eigenvalue weighted by Crippen LogP contribution is -2.39. The van der Waals surface area contributed by atoms with Crippen molar-refractivity contribution in [2.75, 3.05) is 20.2 Å². The van der Waals surface area contributed by atoms with E-state index < -0.39 is 0 Å². The number of carbonyl (C=O) groups is 2. The van der Waals surface area contributed by atoms with Gasteiger partial charge < -0.3 is 15.4 Å². The molecule has 1 aromatic rings. The monoisotopic (exact) mass is 330 g/mol. The summed E-state index contributed by atoms with van der Waals surface area (Å²) in [7, 11) is 1.63. The minimum absolute atomic E-state index is 0.0269. The summed E-state index contributed by atoms with van der Waals surface area (Å²) in [5, 5.41) is 0. The summed E-state index contributed by atoms with van der Waals surface area (Å²) in [6, 6.07) is 7.68. The molecular weight excluding hydrogens is 304 g/mol. The van der Waals surface area contributed by atoms with Crippen LogP contribution in [-0.2, 0) is 9.59 Å². The van der Waals surface area contributed by atoms with E-state index in [0.717, 1.165) is 42.7 Å². The SMILES string of the molecule is COc1cccc(C(C)=CC(=O)N2CCCC(CCC(N)=O)C2)c1. The van der Waals surface area contributed by atoms with Gasteiger partial charge in [-0.3, -0.25) is 9.59 Å². The molecule has 1 aliphatic rings. The van der Waals surface area contributed by atoms with Gasteiger partial charge >= 0.3 is 0 Å². The van der Waals surface area contributed by atoms with Crippen molar-refractivity contribution in [2.45, 2.75) is 32.6 Å². The fraction of sp³-hybridized carbons (Fsp3) is 0.474. The van der Waals surface area contributed by atoms with E-state index in [1.54, 1.807) is 13.2 Å². The highest BCUT2D eigenvalue weighted by atomic mass is 16.5. The first-order valence-electron chi connectivity index (χ1n) is 8.39. The third-order valence-corrected chi connectivity index (χ3v) is 4.49. The molecule has 5 heteroatoms. The smallest absolute Gasteiger partial charge is 0.246 e. The quantitative estimate of drug-likeness (QED) is 0.815. The van der Waals surface area contributed by atoms with Crippen LogP contribution in [0.25, 0.3) is 5.57 Å². The van der Waals surface area contributed by atoms with Gasteiger partial charge in [-0.05, 0) is 55.4 Å². The highest BCUT2D eigenvalue weighted by Gasteiger charge is 2.23. The van der Waals surface area contributed by atoms with Crippen LogP contribution in [-0.4, -0.2) is 36.9 Å². The lowest BCUT2D eigenvalue weighted by molar-refractivity contribution is -0.127. The van der Waals surface area contributed by atoms with Gasteiger partial charge in [0.2, 0.25) is 11.8 Å². The number of nitrogens with zero attached hydrogens (tertiary/aromatic N) is 1. The van der Waals surface area contributed by atoms with Gasteiger partial charge in [-0.15, -0.1) is 0 Å². The van der Waals surface area contributed by atoms with Crippen LogP contribution in [0.2, 0.25) is 0 Å². The summed E-state index contributed by atoms with van der Waals surface area (Å²) in [5.74, 6) is 0.893. The topological polar surface area (TPSA) is 72.6 Å². The van der Waals surface area contributed by atoms with Crippen LogP contribution in [0.15, 0.2) is 30.3 Å². The zero-order valence-corrected chi connectivity index (χ0v) is 14.5. The number of methoxy groups -OCH3 is 1. The first-order valence-corrected chi connectivity index (χ1v) is 8.39. The molecule has 0 aliphatic carbocycles. The van der Waals surface area contributed by atoms with Gasteiger partial charge in [0.05, 0.1) is 7.11 Å². The van der Waals surface area contributed by atoms with Crippen LogP contribution in [0.5, 0.6) is 5.75 Å². The highest BCUT2D eigenvalue weighted by Crippen LogP contribution is 2.23. The Morgan fingerprint density at radius 1 is 1.42 bits per heavy atom. The molecular formula is C19H26N2O3. The standard InChI is InChI=1S/C19H26N2O3/c1-14(16-6-3-7-17(12-16)24-2)11-19(23)21-10-4-5-15(13-21)8-9-18(20)22/h3,6-7,11-12,15H,4-5,8-10,13H2,1-2H3,(H2,20,22). The Bertz CT molecular complexity index is 625. The van der Waals surface area contributed by atoms with Crippen molar-refractivity contribution in [3.8, 4) is 5.75 Å². The zero-order chi connectivity index (χ0) is 17.5. The Balaban J connectivity index is 2.00. The van der Waals surface area contributed by atoms with E-state index in [1.165, 1.54) is 0 Å². The van der Waals surface area contributed by atoms with Crippen molar-refractivity contribution < 1.29 is 14.3 Å². The molecule has 24 heavy (non-hydrogen) atoms. The summed E-state index contributed by atoms with van der Waals surface area (Å²) in [6.45, 7) is 3.41. The van der Waals surface area contributed by atoms with Gasteiger partial charge in [-0.1, -0.05) is 12.1 Å². The molecule has 1 aliphatic heterocycles. The van der Waals surface area contributed by atoms with E-state index in [-0.39, 0.29) is 11.8 Å². The molecule has 1 saturated heterocycles. The predicted molar refractivity (Wildman–Crippen MR) is 94.4 cm³/mol. The molecule has 0 aromatic heterocycles. The number of piperidine rings is 1. The first kappa shape index (κ1) is 18.0. The van der Waals surface area contributed by atoms with E-state index in [1.807, 2.05) is 36.1 Å². The molecule has 2 amide bonds. The number of likely N-dealkylation sites (tertiary alicyclic amines) is 1. The summed E-state index contributed by atoms with van der Waals surface area (Å²) in [4.78, 5) is 25.4. The second-order valence-corrected chi connectivity index (χ2v) is 6.36. The number of hydrogen-bond donors (Lipinski definition) is 1. The van der Waals surface area contributed by atoms with Crippen LogP contribution >= 0.6 is 0 Å². The van der Waals surface area contributed by atoms with Gasteiger partial charge in [0.1, 0.15) is 5.75 Å². The Morgan fingerprint density at radius 2 is 2.21 bits per heavy atom. The average Bonchev–Trinajstić information content (AvgIpc) is 2.60. The Kier molecular flexibility index (Phi) is 6.41. The third-order valence-electron chi connectivity index (χ3n) is 4.49. The molecule has 130 valence electrons. The molecule has 5 nitrogen and oxygen atoms in total. The normalized spacial score (nSPS) is 18.3.